The van der Waals surface area contributed by atoms with E-state index in [1.165, 1.54) is 0 Å². The van der Waals surface area contributed by atoms with E-state index in [4.69, 9.17) is 0 Å². The fraction of sp³-hybridized carbons (Fsp3) is 0. The summed E-state index contributed by atoms with van der Waals surface area (Å²) in [4.78, 5) is 0. The summed E-state index contributed by atoms with van der Waals surface area (Å²) in [5.41, 5.74) is 0. The Kier molecular flexibility index (Phi) is 2180. The van der Waals surface area contributed by atoms with E-state index in [1.807, 2.05) is 0 Å². The Labute approximate surface area is 53.6 Å². The molecule has 0 aliphatic heterocycles. The van der Waals surface area contributed by atoms with Crippen LogP contribution in [0.4, 0.5) is 0 Å². The van der Waals surface area contributed by atoms with Gasteiger partial charge in [0.15, 0.2) is 0 Å². The van der Waals surface area contributed by atoms with Crippen LogP contribution in [-0.4, -0.2) is 33.8 Å². The van der Waals surface area contributed by atoms with Gasteiger partial charge in [-0.05, 0) is 0 Å². The van der Waals surface area contributed by atoms with Crippen molar-refractivity contribution in [2.45, 2.75) is 0 Å². The second-order valence-corrected chi connectivity index (χ2v) is 0. The maximum atomic E-state index is 0. The first-order valence-electron chi connectivity index (χ1n) is 0. The van der Waals surface area contributed by atoms with E-state index in [1.54, 1.807) is 0 Å². The maximum absolute atomic E-state index is 0. The maximum Gasteiger partial charge on any atom is 0 e. The van der Waals surface area contributed by atoms with Gasteiger partial charge in [0.1, 0.15) is 0 Å². The Morgan fingerprint density at radius 3 is 0.600 bits per heavy atom. The predicted octanol–water partition coefficient (Wildman–Crippen LogP) is -2.86. The molecule has 0 amide bonds. The fourth-order valence-electron chi connectivity index (χ4n) is 0. The first-order valence-corrected chi connectivity index (χ1v) is 0. The molecular weight excluding hydrogens is 178 g/mol. The molecule has 0 aromatic carbocycles. The Morgan fingerprint density at radius 1 is 0.600 bits per heavy atom. The molecule has 5 heavy (non-hydrogen) atoms. The van der Waals surface area contributed by atoms with Crippen LogP contribution in [0.25, 0.3) is 0 Å². The molecule has 3 nitrogen and oxygen atoms in total. The predicted molar refractivity (Wildman–Crippen MR) is 16.6 cm³/mol. The third-order valence-corrected chi connectivity index (χ3v) is 0. The molecule has 5 heteroatoms. The van der Waals surface area contributed by atoms with Gasteiger partial charge in [0.05, 0.1) is 0 Å². The molecule has 0 saturated heterocycles. The van der Waals surface area contributed by atoms with E-state index in [2.05, 4.69) is 0 Å². The molecule has 0 aliphatic rings. The van der Waals surface area contributed by atoms with Gasteiger partial charge in [0.2, 0.25) is 0 Å². The van der Waals surface area contributed by atoms with Crippen molar-refractivity contribution in [3.05, 3.63) is 0 Å². The summed E-state index contributed by atoms with van der Waals surface area (Å²) < 4.78 is 0. The van der Waals surface area contributed by atoms with E-state index < -0.39 is 0 Å². The monoisotopic (exact) mass is 184 g/mol. The van der Waals surface area contributed by atoms with Crippen LogP contribution in [0.2, 0.25) is 0 Å². The Hall–Kier alpha value is 1.04. The molecule has 0 rings (SSSR count). The topological polar surface area (TPSA) is 94.5 Å². The molecular formula is H6AlO3Rh. The number of rotatable bonds is 0. The zero-order valence-electron chi connectivity index (χ0n) is 2.41. The Morgan fingerprint density at radius 2 is 0.600 bits per heavy atom. The van der Waals surface area contributed by atoms with Crippen molar-refractivity contribution in [3.63, 3.8) is 0 Å². The van der Waals surface area contributed by atoms with Crippen LogP contribution in [0.3, 0.4) is 0 Å². The molecule has 0 fully saturated rings. The average molecular weight is 184 g/mol. The van der Waals surface area contributed by atoms with Crippen LogP contribution >= 0.6 is 0 Å². The SMILES string of the molecule is O.O.O.[Al].[Rh]. The smallest absolute Gasteiger partial charge is 0 e. The zero-order chi connectivity index (χ0) is 0. The van der Waals surface area contributed by atoms with E-state index in [0.717, 1.165) is 0 Å². The van der Waals surface area contributed by atoms with E-state index in [-0.39, 0.29) is 53.3 Å². The summed E-state index contributed by atoms with van der Waals surface area (Å²) >= 11 is 0. The van der Waals surface area contributed by atoms with Crippen molar-refractivity contribution < 1.29 is 35.9 Å². The third kappa shape index (κ3) is 43.3. The fourth-order valence-corrected chi connectivity index (χ4v) is 0. The van der Waals surface area contributed by atoms with Crippen molar-refractivity contribution in [2.75, 3.05) is 0 Å². The molecule has 0 bridgehead atoms. The van der Waals surface area contributed by atoms with E-state index >= 15 is 0 Å². The largest absolute Gasteiger partial charge is 0.412 e. The Balaban J connectivity index is 0. The van der Waals surface area contributed by atoms with E-state index in [0.29, 0.717) is 0 Å². The third-order valence-electron chi connectivity index (χ3n) is 0. The summed E-state index contributed by atoms with van der Waals surface area (Å²) in [6.45, 7) is 0. The van der Waals surface area contributed by atoms with Crippen molar-refractivity contribution in [1.29, 1.82) is 0 Å². The Bertz CT molecular complexity index is 6.85. The molecule has 0 heterocycles. The second kappa shape index (κ2) is 76.4. The average Bonchev–Trinajstić information content (AvgIpc) is 0. The van der Waals surface area contributed by atoms with E-state index in [9.17, 15) is 0 Å². The zero-order valence-corrected chi connectivity index (χ0v) is 5.20. The summed E-state index contributed by atoms with van der Waals surface area (Å²) in [7, 11) is 0. The molecule has 0 saturated carbocycles. The second-order valence-electron chi connectivity index (χ2n) is 0. The van der Waals surface area contributed by atoms with Gasteiger partial charge in [0, 0.05) is 36.8 Å². The molecule has 0 aromatic rings. The minimum absolute atomic E-state index is 0. The van der Waals surface area contributed by atoms with Gasteiger partial charge in [-0.15, -0.1) is 0 Å². The van der Waals surface area contributed by atoms with Crippen LogP contribution in [0.5, 0.6) is 0 Å². The standard InChI is InChI=1S/Al.3H2O.Rh/h;3*1H2;. The summed E-state index contributed by atoms with van der Waals surface area (Å²) in [6.07, 6.45) is 0. The van der Waals surface area contributed by atoms with Gasteiger partial charge < -0.3 is 16.4 Å². The van der Waals surface area contributed by atoms with Gasteiger partial charge in [-0.2, -0.15) is 0 Å². The van der Waals surface area contributed by atoms with Crippen LogP contribution in [0, 0.1) is 0 Å². The minimum atomic E-state index is 0. The van der Waals surface area contributed by atoms with Gasteiger partial charge in [-0.3, -0.25) is 0 Å². The van der Waals surface area contributed by atoms with Crippen LogP contribution in [-0.2, 0) is 19.5 Å². The minimum Gasteiger partial charge on any atom is -0.412 e. The number of hydrogen-bond donors (Lipinski definition) is 0. The van der Waals surface area contributed by atoms with Gasteiger partial charge in [-0.1, -0.05) is 0 Å². The molecule has 36 valence electrons. The summed E-state index contributed by atoms with van der Waals surface area (Å²) in [5, 5.41) is 0. The molecule has 0 atom stereocenters. The molecule has 0 aromatic heterocycles. The first-order chi connectivity index (χ1) is 0. The van der Waals surface area contributed by atoms with Crippen LogP contribution in [0.15, 0.2) is 0 Å². The van der Waals surface area contributed by atoms with Crippen molar-refractivity contribution in [2.24, 2.45) is 0 Å². The van der Waals surface area contributed by atoms with Crippen molar-refractivity contribution >= 4 is 17.4 Å². The molecule has 4 radical (unpaired) electrons. The van der Waals surface area contributed by atoms with Crippen molar-refractivity contribution in [1.82, 2.24) is 0 Å². The molecule has 6 N–H and O–H groups in total. The van der Waals surface area contributed by atoms with Gasteiger partial charge in [0.25, 0.3) is 0 Å². The quantitative estimate of drug-likeness (QED) is 0.362. The van der Waals surface area contributed by atoms with Crippen LogP contribution < -0.4 is 0 Å². The normalized spacial score (nSPS) is 0. The summed E-state index contributed by atoms with van der Waals surface area (Å²) in [6, 6.07) is 0. The van der Waals surface area contributed by atoms with Gasteiger partial charge in [-0.25, -0.2) is 0 Å². The molecule has 0 unspecified atom stereocenters. The van der Waals surface area contributed by atoms with Crippen LogP contribution in [0.1, 0.15) is 0 Å². The van der Waals surface area contributed by atoms with Gasteiger partial charge >= 0.3 is 0 Å². The molecule has 0 spiro atoms. The van der Waals surface area contributed by atoms with Crippen molar-refractivity contribution in [3.8, 4) is 0 Å². The first kappa shape index (κ1) is 143. The molecule has 0 aliphatic carbocycles. The summed E-state index contributed by atoms with van der Waals surface area (Å²) in [5.74, 6) is 0. The number of hydrogen-bond acceptors (Lipinski definition) is 0.